The van der Waals surface area contributed by atoms with Crippen LogP contribution in [-0.4, -0.2) is 47.9 Å². The normalized spacial score (nSPS) is 11.5. The lowest BCUT2D eigenvalue weighted by molar-refractivity contribution is -0.141. The van der Waals surface area contributed by atoms with Crippen LogP contribution < -0.4 is 10.1 Å². The van der Waals surface area contributed by atoms with Gasteiger partial charge in [0, 0.05) is 5.56 Å². The van der Waals surface area contributed by atoms with E-state index in [9.17, 15) is 14.4 Å². The monoisotopic (exact) mass is 325 g/mol. The van der Waals surface area contributed by atoms with Gasteiger partial charge >= 0.3 is 5.97 Å². The third-order valence-electron chi connectivity index (χ3n) is 2.86. The van der Waals surface area contributed by atoms with Crippen LogP contribution in [0.1, 0.15) is 23.2 Å². The lowest BCUT2D eigenvalue weighted by Gasteiger charge is -2.14. The quantitative estimate of drug-likeness (QED) is 0.635. The summed E-state index contributed by atoms with van der Waals surface area (Å²) in [6.45, 7) is 0.140. The SMILES string of the molecule is CSCCC(NC(=O)CCOc1ccc(C=O)cc1)C(=O)O. The van der Waals surface area contributed by atoms with Crippen LogP contribution in [0.4, 0.5) is 0 Å². The zero-order valence-electron chi connectivity index (χ0n) is 12.3. The maximum absolute atomic E-state index is 11.7. The number of aliphatic carboxylic acids is 1. The van der Waals surface area contributed by atoms with Gasteiger partial charge in [0.15, 0.2) is 0 Å². The molecule has 0 saturated heterocycles. The van der Waals surface area contributed by atoms with Crippen LogP contribution in [0.15, 0.2) is 24.3 Å². The van der Waals surface area contributed by atoms with Crippen molar-refractivity contribution in [3.8, 4) is 5.75 Å². The molecule has 0 aromatic heterocycles. The molecule has 0 spiro atoms. The molecule has 1 aromatic carbocycles. The molecule has 0 aliphatic rings. The maximum atomic E-state index is 11.7. The Labute approximate surface area is 133 Å². The summed E-state index contributed by atoms with van der Waals surface area (Å²) in [5.41, 5.74) is 0.545. The highest BCUT2D eigenvalue weighted by molar-refractivity contribution is 7.98. The van der Waals surface area contributed by atoms with E-state index < -0.39 is 12.0 Å². The molecule has 1 amide bonds. The second-order valence-corrected chi connectivity index (χ2v) is 5.51. The predicted octanol–water partition coefficient (Wildman–Crippen LogP) is 1.59. The van der Waals surface area contributed by atoms with Crippen molar-refractivity contribution >= 4 is 29.9 Å². The highest BCUT2D eigenvalue weighted by Crippen LogP contribution is 2.11. The summed E-state index contributed by atoms with van der Waals surface area (Å²) in [7, 11) is 0. The molecule has 0 aliphatic carbocycles. The fourth-order valence-electron chi connectivity index (χ4n) is 1.66. The van der Waals surface area contributed by atoms with Crippen molar-refractivity contribution in [3.63, 3.8) is 0 Å². The van der Waals surface area contributed by atoms with E-state index in [1.54, 1.807) is 24.3 Å². The van der Waals surface area contributed by atoms with Gasteiger partial charge in [0.05, 0.1) is 13.0 Å². The molecule has 2 N–H and O–H groups in total. The Kier molecular flexibility index (Phi) is 8.06. The van der Waals surface area contributed by atoms with Crippen LogP contribution in [0.25, 0.3) is 0 Å². The van der Waals surface area contributed by atoms with Crippen molar-refractivity contribution in [2.75, 3.05) is 18.6 Å². The van der Waals surface area contributed by atoms with Crippen LogP contribution in [0.5, 0.6) is 5.75 Å². The topological polar surface area (TPSA) is 92.7 Å². The number of carboxylic acid groups (broad SMARTS) is 1. The number of carboxylic acids is 1. The Morgan fingerprint density at radius 2 is 2.05 bits per heavy atom. The predicted molar refractivity (Wildman–Crippen MR) is 84.5 cm³/mol. The Balaban J connectivity index is 2.34. The van der Waals surface area contributed by atoms with Crippen LogP contribution >= 0.6 is 11.8 Å². The molecule has 0 saturated carbocycles. The summed E-state index contributed by atoms with van der Waals surface area (Å²) in [5.74, 6) is -0.182. The fraction of sp³-hybridized carbons (Fsp3) is 0.400. The van der Waals surface area contributed by atoms with Crippen molar-refractivity contribution in [3.05, 3.63) is 29.8 Å². The van der Waals surface area contributed by atoms with Gasteiger partial charge in [0.25, 0.3) is 0 Å². The summed E-state index contributed by atoms with van der Waals surface area (Å²) in [5, 5.41) is 11.5. The third-order valence-corrected chi connectivity index (χ3v) is 3.50. The van der Waals surface area contributed by atoms with E-state index in [0.29, 0.717) is 23.5 Å². The summed E-state index contributed by atoms with van der Waals surface area (Å²) in [4.78, 5) is 33.2. The zero-order valence-corrected chi connectivity index (χ0v) is 13.1. The second-order valence-electron chi connectivity index (χ2n) is 4.53. The lowest BCUT2D eigenvalue weighted by atomic mass is 10.2. The van der Waals surface area contributed by atoms with E-state index in [2.05, 4.69) is 5.32 Å². The van der Waals surface area contributed by atoms with Gasteiger partial charge in [0.1, 0.15) is 18.1 Å². The zero-order chi connectivity index (χ0) is 16.4. The first-order valence-corrected chi connectivity index (χ1v) is 8.15. The van der Waals surface area contributed by atoms with Crippen molar-refractivity contribution in [2.45, 2.75) is 18.9 Å². The van der Waals surface area contributed by atoms with E-state index in [1.165, 1.54) is 11.8 Å². The van der Waals surface area contributed by atoms with Crippen molar-refractivity contribution in [1.82, 2.24) is 5.32 Å². The van der Waals surface area contributed by atoms with Gasteiger partial charge in [-0.1, -0.05) is 0 Å². The van der Waals surface area contributed by atoms with E-state index in [4.69, 9.17) is 9.84 Å². The van der Waals surface area contributed by atoms with Crippen LogP contribution in [0.3, 0.4) is 0 Å². The molecular weight excluding hydrogens is 306 g/mol. The van der Waals surface area contributed by atoms with Crippen LogP contribution in [0, 0.1) is 0 Å². The molecule has 1 rings (SSSR count). The molecule has 1 aromatic rings. The number of carbonyl (C=O) groups is 3. The second kappa shape index (κ2) is 9.83. The third kappa shape index (κ3) is 6.62. The molecule has 0 fully saturated rings. The summed E-state index contributed by atoms with van der Waals surface area (Å²) in [6, 6.07) is 5.64. The number of ether oxygens (including phenoxy) is 1. The number of thioether (sulfide) groups is 1. The highest BCUT2D eigenvalue weighted by Gasteiger charge is 2.19. The molecule has 0 bridgehead atoms. The van der Waals surface area contributed by atoms with Gasteiger partial charge in [-0.05, 0) is 42.7 Å². The smallest absolute Gasteiger partial charge is 0.326 e. The molecule has 0 heterocycles. The van der Waals surface area contributed by atoms with Gasteiger partial charge in [0.2, 0.25) is 5.91 Å². The molecule has 1 unspecified atom stereocenters. The van der Waals surface area contributed by atoms with Gasteiger partial charge in [-0.15, -0.1) is 0 Å². The van der Waals surface area contributed by atoms with E-state index >= 15 is 0 Å². The van der Waals surface area contributed by atoms with E-state index in [-0.39, 0.29) is 18.9 Å². The Bertz CT molecular complexity index is 503. The summed E-state index contributed by atoms with van der Waals surface area (Å²) < 4.78 is 5.37. The lowest BCUT2D eigenvalue weighted by Crippen LogP contribution is -2.41. The molecule has 1 atom stereocenters. The molecule has 0 radical (unpaired) electrons. The van der Waals surface area contributed by atoms with Gasteiger partial charge < -0.3 is 15.2 Å². The van der Waals surface area contributed by atoms with Gasteiger partial charge in [-0.2, -0.15) is 11.8 Å². The molecule has 120 valence electrons. The number of benzene rings is 1. The number of nitrogens with one attached hydrogen (secondary N) is 1. The fourth-order valence-corrected chi connectivity index (χ4v) is 2.14. The Hall–Kier alpha value is -2.02. The average Bonchev–Trinajstić information content (AvgIpc) is 2.51. The number of rotatable bonds is 10. The highest BCUT2D eigenvalue weighted by atomic mass is 32.2. The van der Waals surface area contributed by atoms with Crippen molar-refractivity contribution in [1.29, 1.82) is 0 Å². The standard InChI is InChI=1S/C15H19NO5S/c1-22-9-7-13(15(19)20)16-14(18)6-8-21-12-4-2-11(10-17)3-5-12/h2-5,10,13H,6-9H2,1H3,(H,16,18)(H,19,20). The molecule has 0 aliphatic heterocycles. The van der Waals surface area contributed by atoms with Crippen molar-refractivity contribution in [2.24, 2.45) is 0 Å². The Morgan fingerprint density at radius 3 is 2.59 bits per heavy atom. The van der Waals surface area contributed by atoms with E-state index in [1.807, 2.05) is 6.26 Å². The molecule has 6 nitrogen and oxygen atoms in total. The summed E-state index contributed by atoms with van der Waals surface area (Å²) >= 11 is 1.53. The van der Waals surface area contributed by atoms with Gasteiger partial charge in [-0.3, -0.25) is 9.59 Å². The first-order chi connectivity index (χ1) is 10.6. The Morgan fingerprint density at radius 1 is 1.36 bits per heavy atom. The van der Waals surface area contributed by atoms with E-state index in [0.717, 1.165) is 6.29 Å². The maximum Gasteiger partial charge on any atom is 0.326 e. The average molecular weight is 325 g/mol. The molecule has 22 heavy (non-hydrogen) atoms. The van der Waals surface area contributed by atoms with Crippen molar-refractivity contribution < 1.29 is 24.2 Å². The van der Waals surface area contributed by atoms with Gasteiger partial charge in [-0.25, -0.2) is 4.79 Å². The minimum Gasteiger partial charge on any atom is -0.493 e. The first kappa shape index (κ1) is 18.0. The minimum atomic E-state index is -1.03. The van der Waals surface area contributed by atoms with Crippen LogP contribution in [0.2, 0.25) is 0 Å². The summed E-state index contributed by atoms with van der Waals surface area (Å²) in [6.07, 6.45) is 3.07. The number of amides is 1. The molecular formula is C15H19NO5S. The number of hydrogen-bond acceptors (Lipinski definition) is 5. The number of hydrogen-bond donors (Lipinski definition) is 2. The number of carbonyl (C=O) groups excluding carboxylic acids is 2. The number of aldehydes is 1. The van der Waals surface area contributed by atoms with Crippen LogP contribution in [-0.2, 0) is 9.59 Å². The minimum absolute atomic E-state index is 0.0679. The largest absolute Gasteiger partial charge is 0.493 e. The first-order valence-electron chi connectivity index (χ1n) is 6.76. The molecule has 7 heteroatoms.